The monoisotopic (exact) mass is 537 g/mol. The first-order valence-electron chi connectivity index (χ1n) is 15.3. The number of urea groups is 1. The fourth-order valence-electron chi connectivity index (χ4n) is 7.60. The van der Waals surface area contributed by atoms with Crippen molar-refractivity contribution in [2.75, 3.05) is 18.0 Å². The van der Waals surface area contributed by atoms with E-state index in [2.05, 4.69) is 49.0 Å². The first kappa shape index (κ1) is 31.0. The highest BCUT2D eigenvalue weighted by Gasteiger charge is 2.40. The van der Waals surface area contributed by atoms with E-state index in [1.165, 1.54) is 38.5 Å². The Morgan fingerprint density at radius 3 is 2.26 bits per heavy atom. The quantitative estimate of drug-likeness (QED) is 0.321. The van der Waals surface area contributed by atoms with Gasteiger partial charge >= 0.3 is 6.03 Å². The summed E-state index contributed by atoms with van der Waals surface area (Å²) in [6.45, 7) is 6.38. The zero-order chi connectivity index (χ0) is 28.2. The van der Waals surface area contributed by atoms with Gasteiger partial charge in [-0.05, 0) is 80.8 Å². The number of para-hydroxylation sites is 1. The minimum atomic E-state index is -0.250. The van der Waals surface area contributed by atoms with E-state index < -0.39 is 0 Å². The number of fused-ring (bicyclic) bond motifs is 4. The van der Waals surface area contributed by atoms with Gasteiger partial charge in [-0.1, -0.05) is 64.2 Å². The Hall–Kier alpha value is -2.52. The van der Waals surface area contributed by atoms with Gasteiger partial charge < -0.3 is 15.3 Å². The van der Waals surface area contributed by atoms with Crippen molar-refractivity contribution in [3.8, 4) is 12.8 Å². The van der Waals surface area contributed by atoms with Gasteiger partial charge in [-0.25, -0.2) is 4.79 Å². The van der Waals surface area contributed by atoms with Gasteiger partial charge in [0.25, 0.3) is 6.47 Å². The van der Waals surface area contributed by atoms with E-state index in [0.29, 0.717) is 24.0 Å². The second-order valence-corrected chi connectivity index (χ2v) is 12.3. The van der Waals surface area contributed by atoms with Crippen LogP contribution in [0.3, 0.4) is 0 Å². The third-order valence-corrected chi connectivity index (χ3v) is 9.83. The smallest absolute Gasteiger partial charge is 0.324 e. The summed E-state index contributed by atoms with van der Waals surface area (Å²) in [5.41, 5.74) is 1.06. The van der Waals surface area contributed by atoms with E-state index in [1.807, 2.05) is 23.1 Å². The van der Waals surface area contributed by atoms with Gasteiger partial charge in [-0.2, -0.15) is 0 Å². The minimum absolute atomic E-state index is 0.219. The predicted molar refractivity (Wildman–Crippen MR) is 160 cm³/mol. The van der Waals surface area contributed by atoms with Crippen LogP contribution in [0.4, 0.5) is 10.5 Å². The van der Waals surface area contributed by atoms with E-state index in [-0.39, 0.29) is 12.5 Å². The number of hydrogen-bond donors (Lipinski definition) is 2. The molecule has 1 aromatic carbocycles. The van der Waals surface area contributed by atoms with Gasteiger partial charge in [0.05, 0.1) is 0 Å². The number of rotatable bonds is 2. The zero-order valence-corrected chi connectivity index (χ0v) is 24.2. The Morgan fingerprint density at radius 1 is 0.923 bits per heavy atom. The Morgan fingerprint density at radius 2 is 1.59 bits per heavy atom. The summed E-state index contributed by atoms with van der Waals surface area (Å²) in [4.78, 5) is 25.8. The van der Waals surface area contributed by atoms with Gasteiger partial charge in [0.1, 0.15) is 0 Å². The Balaban J connectivity index is 0.000000232. The van der Waals surface area contributed by atoms with Gasteiger partial charge in [0, 0.05) is 36.9 Å². The number of benzene rings is 1. The van der Waals surface area contributed by atoms with Crippen molar-refractivity contribution >= 4 is 18.2 Å². The maximum absolute atomic E-state index is 13.3. The van der Waals surface area contributed by atoms with Gasteiger partial charge in [0.2, 0.25) is 0 Å². The zero-order valence-electron chi connectivity index (χ0n) is 24.2. The molecule has 5 aliphatic rings. The topological polar surface area (TPSA) is 72.9 Å². The number of amides is 2. The van der Waals surface area contributed by atoms with Crippen molar-refractivity contribution in [3.05, 3.63) is 30.3 Å². The second kappa shape index (κ2) is 15.9. The molecule has 5 fully saturated rings. The van der Waals surface area contributed by atoms with Crippen LogP contribution in [0.25, 0.3) is 0 Å². The summed E-state index contributed by atoms with van der Waals surface area (Å²) in [7, 11) is 0. The number of likely N-dealkylation sites (tertiary alicyclic amines) is 1. The summed E-state index contributed by atoms with van der Waals surface area (Å²) >= 11 is 0. The van der Waals surface area contributed by atoms with E-state index in [1.54, 1.807) is 12.8 Å². The minimum Gasteiger partial charge on any atom is -0.483 e. The van der Waals surface area contributed by atoms with E-state index >= 15 is 0 Å². The molecular weight excluding hydrogens is 486 g/mol. The molecular formula is C33H51N3O3. The van der Waals surface area contributed by atoms with Crippen LogP contribution in [0, 0.1) is 36.5 Å². The lowest BCUT2D eigenvalue weighted by Gasteiger charge is -2.47. The van der Waals surface area contributed by atoms with Crippen molar-refractivity contribution < 1.29 is 14.7 Å². The number of carbonyl (C=O) groups is 2. The van der Waals surface area contributed by atoms with E-state index in [4.69, 9.17) is 9.90 Å². The highest BCUT2D eigenvalue weighted by molar-refractivity contribution is 5.92. The highest BCUT2D eigenvalue weighted by atomic mass is 16.3. The molecule has 3 heterocycles. The van der Waals surface area contributed by atoms with Gasteiger partial charge in [-0.15, -0.1) is 12.8 Å². The molecule has 6 rings (SSSR count). The first-order valence-corrected chi connectivity index (χ1v) is 15.3. The Labute approximate surface area is 236 Å². The molecule has 6 nitrogen and oxygen atoms in total. The molecule has 4 unspecified atom stereocenters. The molecule has 216 valence electrons. The molecule has 2 aliphatic carbocycles. The van der Waals surface area contributed by atoms with Crippen LogP contribution in [0.2, 0.25) is 0 Å². The Bertz CT molecular complexity index is 883. The number of hydrogen-bond acceptors (Lipinski definition) is 3. The molecule has 6 heteroatoms. The lowest BCUT2D eigenvalue weighted by molar-refractivity contribution is -0.122. The van der Waals surface area contributed by atoms with Crippen molar-refractivity contribution in [2.24, 2.45) is 23.7 Å². The second-order valence-electron chi connectivity index (χ2n) is 12.3. The van der Waals surface area contributed by atoms with Crippen LogP contribution in [-0.2, 0) is 4.79 Å². The van der Waals surface area contributed by atoms with Crippen LogP contribution in [0.5, 0.6) is 0 Å². The normalized spacial score (nSPS) is 32.5. The number of nitrogens with zero attached hydrogens (tertiary/aromatic N) is 2. The third-order valence-electron chi connectivity index (χ3n) is 9.83. The van der Waals surface area contributed by atoms with Crippen molar-refractivity contribution in [2.45, 2.75) is 109 Å². The van der Waals surface area contributed by atoms with Crippen LogP contribution in [-0.4, -0.2) is 53.7 Å². The molecule has 0 aromatic heterocycles. The molecule has 3 aliphatic heterocycles. The van der Waals surface area contributed by atoms with E-state index in [0.717, 1.165) is 62.2 Å². The molecule has 7 atom stereocenters. The summed E-state index contributed by atoms with van der Waals surface area (Å²) in [5, 5.41) is 10.7. The molecule has 2 amide bonds. The average molecular weight is 538 g/mol. The number of anilines is 1. The predicted octanol–water partition coefficient (Wildman–Crippen LogP) is 6.80. The van der Waals surface area contributed by atoms with E-state index in [9.17, 15) is 4.79 Å². The number of nitrogens with one attached hydrogen (secondary N) is 1. The fourth-order valence-corrected chi connectivity index (χ4v) is 7.60. The summed E-state index contributed by atoms with van der Waals surface area (Å²) in [5.74, 6) is 4.02. The third kappa shape index (κ3) is 8.48. The Kier molecular flexibility index (Phi) is 12.7. The summed E-state index contributed by atoms with van der Waals surface area (Å²) in [6, 6.07) is 12.0. The van der Waals surface area contributed by atoms with Crippen molar-refractivity contribution in [1.29, 1.82) is 0 Å². The molecule has 3 saturated heterocycles. The molecule has 1 aromatic rings. The summed E-state index contributed by atoms with van der Waals surface area (Å²) in [6.07, 6.45) is 24.2. The standard InChI is InChI=1S/C20H29N3O.C10H18.C2H2.CH2O2/c1-15-9-10-16-13-18(14-19(15)21-16)23(17-7-3-2-4-8-17)20(24)22-11-5-6-12-22;1-8-5-6-9-3-2-4-10(8)7-9;1-2;2-1-3/h2-4,7-8,15-16,18-19,21H,5-6,9-14H2,1H3;8-10H,2-7H2,1H3;1-2H;1H,(H,2,3)/t15?,16-,18+,19?;8?,9-,10?;;/m00../s1. The lowest BCUT2D eigenvalue weighted by atomic mass is 9.67. The van der Waals surface area contributed by atoms with Gasteiger partial charge in [0.15, 0.2) is 0 Å². The number of carbonyl (C=O) groups excluding carboxylic acids is 1. The fraction of sp³-hybridized carbons (Fsp3) is 0.697. The van der Waals surface area contributed by atoms with Crippen LogP contribution >= 0.6 is 0 Å². The lowest BCUT2D eigenvalue weighted by Crippen LogP contribution is -2.59. The highest BCUT2D eigenvalue weighted by Crippen LogP contribution is 2.42. The van der Waals surface area contributed by atoms with Crippen LogP contribution < -0.4 is 10.2 Å². The van der Waals surface area contributed by atoms with Crippen LogP contribution in [0.15, 0.2) is 30.3 Å². The number of piperidine rings is 2. The molecule has 2 saturated carbocycles. The molecule has 0 radical (unpaired) electrons. The maximum Gasteiger partial charge on any atom is 0.324 e. The van der Waals surface area contributed by atoms with Crippen molar-refractivity contribution in [3.63, 3.8) is 0 Å². The van der Waals surface area contributed by atoms with Gasteiger partial charge in [-0.3, -0.25) is 9.69 Å². The average Bonchev–Trinajstić information content (AvgIpc) is 3.52. The summed E-state index contributed by atoms with van der Waals surface area (Å²) < 4.78 is 0. The first-order chi connectivity index (χ1) is 19.0. The SMILES string of the molecule is C#C.CC1CC[C@@H]2CCCC1C2.CC1CC[C@H]2C[C@@H](N(C(=O)N3CCCC3)c3ccccc3)CC1N2.O=CO. The number of carboxylic acid groups (broad SMARTS) is 1. The van der Waals surface area contributed by atoms with Crippen molar-refractivity contribution in [1.82, 2.24) is 10.2 Å². The van der Waals surface area contributed by atoms with Crippen LogP contribution in [0.1, 0.15) is 90.9 Å². The molecule has 4 bridgehead atoms. The number of terminal acetylenes is 1. The molecule has 0 spiro atoms. The maximum atomic E-state index is 13.3. The molecule has 39 heavy (non-hydrogen) atoms. The largest absolute Gasteiger partial charge is 0.483 e. The molecule has 2 N–H and O–H groups in total.